The summed E-state index contributed by atoms with van der Waals surface area (Å²) < 4.78 is 2.18. The van der Waals surface area contributed by atoms with E-state index >= 15 is 0 Å². The standard InChI is InChI=1S/C17H16N4O/c18-17(22)20-19-11-14-6-7-15-8-9-21(16(15)10-14)12-13-4-2-1-3-5-13/h1-11H,12H2,(H3,18,20,22). The third-order valence-corrected chi connectivity index (χ3v) is 3.38. The summed E-state index contributed by atoms with van der Waals surface area (Å²) in [5.41, 5.74) is 10.4. The molecule has 2 amide bonds. The number of urea groups is 1. The van der Waals surface area contributed by atoms with Gasteiger partial charge in [-0.15, -0.1) is 0 Å². The summed E-state index contributed by atoms with van der Waals surface area (Å²) in [6.45, 7) is 0.810. The Morgan fingerprint density at radius 2 is 2.00 bits per heavy atom. The smallest absolute Gasteiger partial charge is 0.332 e. The van der Waals surface area contributed by atoms with E-state index in [1.54, 1.807) is 6.21 Å². The minimum absolute atomic E-state index is 0.676. The fraction of sp³-hybridized carbons (Fsp3) is 0.0588. The molecule has 0 saturated carbocycles. The first-order valence-corrected chi connectivity index (χ1v) is 6.94. The molecular formula is C17H16N4O. The predicted molar refractivity (Wildman–Crippen MR) is 87.8 cm³/mol. The van der Waals surface area contributed by atoms with Crippen LogP contribution in [0.2, 0.25) is 0 Å². The molecule has 0 atom stereocenters. The highest BCUT2D eigenvalue weighted by Gasteiger charge is 2.02. The maximum absolute atomic E-state index is 10.6. The molecule has 0 bridgehead atoms. The number of rotatable bonds is 4. The largest absolute Gasteiger partial charge is 0.350 e. The zero-order valence-corrected chi connectivity index (χ0v) is 11.9. The summed E-state index contributed by atoms with van der Waals surface area (Å²) in [6, 6.07) is 17.7. The molecule has 0 aliphatic carbocycles. The molecule has 0 radical (unpaired) electrons. The summed E-state index contributed by atoms with van der Waals surface area (Å²) in [4.78, 5) is 10.6. The van der Waals surface area contributed by atoms with Gasteiger partial charge in [-0.25, -0.2) is 10.2 Å². The second-order valence-corrected chi connectivity index (χ2v) is 4.98. The van der Waals surface area contributed by atoms with Crippen LogP contribution in [-0.2, 0) is 6.54 Å². The third-order valence-electron chi connectivity index (χ3n) is 3.38. The SMILES string of the molecule is NC(=O)NN=Cc1ccc2ccn(Cc3ccccc3)c2c1. The fourth-order valence-electron chi connectivity index (χ4n) is 2.37. The Kier molecular flexibility index (Phi) is 3.87. The molecule has 0 aliphatic rings. The number of nitrogens with one attached hydrogen (secondary N) is 1. The number of primary amides is 1. The van der Waals surface area contributed by atoms with Crippen LogP contribution in [0, 0.1) is 0 Å². The molecular weight excluding hydrogens is 276 g/mol. The Balaban J connectivity index is 1.88. The molecule has 0 aliphatic heterocycles. The summed E-state index contributed by atoms with van der Waals surface area (Å²) in [6.07, 6.45) is 3.64. The van der Waals surface area contributed by atoms with Gasteiger partial charge in [-0.3, -0.25) is 0 Å². The Morgan fingerprint density at radius 1 is 1.18 bits per heavy atom. The first kappa shape index (κ1) is 13.9. The molecule has 0 fully saturated rings. The first-order chi connectivity index (χ1) is 10.7. The van der Waals surface area contributed by atoms with Crippen molar-refractivity contribution in [1.29, 1.82) is 0 Å². The lowest BCUT2D eigenvalue weighted by Gasteiger charge is -2.06. The van der Waals surface area contributed by atoms with E-state index in [-0.39, 0.29) is 0 Å². The van der Waals surface area contributed by atoms with Crippen molar-refractivity contribution in [2.24, 2.45) is 10.8 Å². The molecule has 2 aromatic carbocycles. The highest BCUT2D eigenvalue weighted by molar-refractivity contribution is 5.89. The molecule has 3 rings (SSSR count). The van der Waals surface area contributed by atoms with Crippen LogP contribution in [0.15, 0.2) is 65.9 Å². The van der Waals surface area contributed by atoms with Gasteiger partial charge in [0, 0.05) is 18.3 Å². The van der Waals surface area contributed by atoms with Crippen molar-refractivity contribution in [2.75, 3.05) is 0 Å². The van der Waals surface area contributed by atoms with Crippen LogP contribution in [0.4, 0.5) is 4.79 Å². The molecule has 22 heavy (non-hydrogen) atoms. The van der Waals surface area contributed by atoms with E-state index in [0.29, 0.717) is 0 Å². The molecule has 110 valence electrons. The molecule has 0 spiro atoms. The minimum Gasteiger partial charge on any atom is -0.350 e. The van der Waals surface area contributed by atoms with Gasteiger partial charge in [0.25, 0.3) is 0 Å². The van der Waals surface area contributed by atoms with Crippen molar-refractivity contribution < 1.29 is 4.79 Å². The Morgan fingerprint density at radius 3 is 2.77 bits per heavy atom. The number of hydrazone groups is 1. The summed E-state index contributed by atoms with van der Waals surface area (Å²) in [5.74, 6) is 0. The lowest BCUT2D eigenvalue weighted by Crippen LogP contribution is -2.24. The Hall–Kier alpha value is -3.08. The highest BCUT2D eigenvalue weighted by atomic mass is 16.2. The van der Waals surface area contributed by atoms with Gasteiger partial charge in [-0.05, 0) is 28.6 Å². The van der Waals surface area contributed by atoms with Gasteiger partial charge >= 0.3 is 6.03 Å². The van der Waals surface area contributed by atoms with E-state index in [1.165, 1.54) is 5.56 Å². The maximum Gasteiger partial charge on any atom is 0.332 e. The zero-order valence-electron chi connectivity index (χ0n) is 11.9. The highest BCUT2D eigenvalue weighted by Crippen LogP contribution is 2.18. The molecule has 5 heteroatoms. The van der Waals surface area contributed by atoms with Crippen molar-refractivity contribution in [3.8, 4) is 0 Å². The van der Waals surface area contributed by atoms with Crippen molar-refractivity contribution in [3.63, 3.8) is 0 Å². The number of hydrogen-bond donors (Lipinski definition) is 2. The summed E-state index contributed by atoms with van der Waals surface area (Å²) in [7, 11) is 0. The molecule has 0 saturated heterocycles. The van der Waals surface area contributed by atoms with Crippen LogP contribution in [0.1, 0.15) is 11.1 Å². The van der Waals surface area contributed by atoms with Crippen LogP contribution in [0.5, 0.6) is 0 Å². The van der Waals surface area contributed by atoms with E-state index in [0.717, 1.165) is 23.0 Å². The zero-order chi connectivity index (χ0) is 15.4. The number of fused-ring (bicyclic) bond motifs is 1. The van der Waals surface area contributed by atoms with Crippen molar-refractivity contribution in [1.82, 2.24) is 9.99 Å². The Bertz CT molecular complexity index is 821. The number of aromatic nitrogens is 1. The average Bonchev–Trinajstić information content (AvgIpc) is 2.91. The van der Waals surface area contributed by atoms with Gasteiger partial charge in [0.1, 0.15) is 0 Å². The molecule has 5 nitrogen and oxygen atoms in total. The minimum atomic E-state index is -0.676. The van der Waals surface area contributed by atoms with Crippen LogP contribution < -0.4 is 11.2 Å². The average molecular weight is 292 g/mol. The second kappa shape index (κ2) is 6.13. The van der Waals surface area contributed by atoms with E-state index in [4.69, 9.17) is 5.73 Å². The maximum atomic E-state index is 10.6. The number of hydrogen-bond acceptors (Lipinski definition) is 2. The molecule has 1 aromatic heterocycles. The van der Waals surface area contributed by atoms with Crippen LogP contribution in [-0.4, -0.2) is 16.8 Å². The van der Waals surface area contributed by atoms with Crippen LogP contribution in [0.25, 0.3) is 10.9 Å². The van der Waals surface area contributed by atoms with Crippen molar-refractivity contribution in [3.05, 3.63) is 71.9 Å². The number of nitrogens with zero attached hydrogens (tertiary/aromatic N) is 2. The van der Waals surface area contributed by atoms with Crippen molar-refractivity contribution in [2.45, 2.75) is 6.54 Å². The molecule has 3 aromatic rings. The van der Waals surface area contributed by atoms with E-state index in [9.17, 15) is 4.79 Å². The Labute approximate surface area is 128 Å². The van der Waals surface area contributed by atoms with Gasteiger partial charge in [0.05, 0.1) is 6.21 Å². The normalized spacial score (nSPS) is 11.1. The monoisotopic (exact) mass is 292 g/mol. The fourth-order valence-corrected chi connectivity index (χ4v) is 2.37. The quantitative estimate of drug-likeness (QED) is 0.563. The van der Waals surface area contributed by atoms with Gasteiger partial charge in [-0.1, -0.05) is 42.5 Å². The lowest BCUT2D eigenvalue weighted by atomic mass is 10.2. The second-order valence-electron chi connectivity index (χ2n) is 4.98. The number of benzene rings is 2. The van der Waals surface area contributed by atoms with E-state index in [2.05, 4.69) is 39.5 Å². The lowest BCUT2D eigenvalue weighted by molar-refractivity contribution is 0.249. The van der Waals surface area contributed by atoms with Crippen molar-refractivity contribution >= 4 is 23.1 Å². The van der Waals surface area contributed by atoms with E-state index < -0.39 is 6.03 Å². The third kappa shape index (κ3) is 3.15. The van der Waals surface area contributed by atoms with Crippen LogP contribution >= 0.6 is 0 Å². The number of amides is 2. The van der Waals surface area contributed by atoms with Gasteiger partial charge < -0.3 is 10.3 Å². The van der Waals surface area contributed by atoms with Crippen LogP contribution in [0.3, 0.4) is 0 Å². The number of carbonyl (C=O) groups is 1. The van der Waals surface area contributed by atoms with Gasteiger partial charge in [0.15, 0.2) is 0 Å². The predicted octanol–water partition coefficient (Wildman–Crippen LogP) is 2.69. The van der Waals surface area contributed by atoms with E-state index in [1.807, 2.05) is 36.4 Å². The number of carbonyl (C=O) groups excluding carboxylic acids is 1. The molecule has 3 N–H and O–H groups in total. The summed E-state index contributed by atoms with van der Waals surface area (Å²) >= 11 is 0. The van der Waals surface area contributed by atoms with Gasteiger partial charge in [0.2, 0.25) is 0 Å². The topological polar surface area (TPSA) is 72.4 Å². The molecule has 1 heterocycles. The number of nitrogens with two attached hydrogens (primary N) is 1. The van der Waals surface area contributed by atoms with Gasteiger partial charge in [-0.2, -0.15) is 5.10 Å². The first-order valence-electron chi connectivity index (χ1n) is 6.94. The molecule has 0 unspecified atom stereocenters. The summed E-state index contributed by atoms with van der Waals surface area (Å²) in [5, 5.41) is 4.95.